The molecule has 0 saturated heterocycles. The molecule has 0 aromatic heterocycles. The molecule has 1 N–H and O–H groups in total. The molecule has 0 amide bonds. The van der Waals surface area contributed by atoms with E-state index in [9.17, 15) is 23.6 Å². The Morgan fingerprint density at radius 3 is 1.83 bits per heavy atom. The highest BCUT2D eigenvalue weighted by molar-refractivity contribution is 7.95. The lowest BCUT2D eigenvalue weighted by molar-refractivity contribution is -0.135. The molecule has 7 heteroatoms. The standard InChI is InChI=1S/C28H33NO5S/c1-18(26(31)34-8)13-19-9-11-21(12-10-19)35(32,33)22(17-29)14-20-15-23(27(2,3)4)25(30)24(16-20)28(5,6)7/h9-16,30H,1-8H3. The average Bonchev–Trinajstić information content (AvgIpc) is 2.76. The summed E-state index contributed by atoms with van der Waals surface area (Å²) in [6, 6.07) is 11.2. The first kappa shape index (κ1) is 27.9. The second kappa shape index (κ2) is 10.1. The summed E-state index contributed by atoms with van der Waals surface area (Å²) in [4.78, 5) is 11.1. The minimum atomic E-state index is -4.10. The molecule has 0 aliphatic heterocycles. The van der Waals surface area contributed by atoms with Crippen LogP contribution in [0.25, 0.3) is 12.2 Å². The smallest absolute Gasteiger partial charge is 0.333 e. The zero-order valence-electron chi connectivity index (χ0n) is 21.6. The number of nitrogens with zero attached hydrogens (tertiary/aromatic N) is 1. The first-order valence-corrected chi connectivity index (χ1v) is 12.6. The molecule has 0 atom stereocenters. The van der Waals surface area contributed by atoms with Gasteiger partial charge in [0.25, 0.3) is 0 Å². The Hall–Kier alpha value is -3.37. The van der Waals surface area contributed by atoms with Gasteiger partial charge in [-0.25, -0.2) is 13.2 Å². The largest absolute Gasteiger partial charge is 0.507 e. The van der Waals surface area contributed by atoms with Gasteiger partial charge in [-0.1, -0.05) is 53.7 Å². The monoisotopic (exact) mass is 495 g/mol. The van der Waals surface area contributed by atoms with E-state index in [4.69, 9.17) is 0 Å². The number of ether oxygens (including phenoxy) is 1. The van der Waals surface area contributed by atoms with Gasteiger partial charge in [-0.3, -0.25) is 0 Å². The van der Waals surface area contributed by atoms with Crippen LogP contribution in [0.5, 0.6) is 5.75 Å². The van der Waals surface area contributed by atoms with Gasteiger partial charge in [-0.05, 0) is 65.3 Å². The normalized spacial score (nSPS) is 13.3. The van der Waals surface area contributed by atoms with Crippen LogP contribution in [-0.2, 0) is 30.2 Å². The number of allylic oxidation sites excluding steroid dienone is 1. The molecule has 0 heterocycles. The summed E-state index contributed by atoms with van der Waals surface area (Å²) in [5.41, 5.74) is 2.06. The molecule has 35 heavy (non-hydrogen) atoms. The maximum atomic E-state index is 13.3. The van der Waals surface area contributed by atoms with Crippen LogP contribution in [-0.4, -0.2) is 26.6 Å². The van der Waals surface area contributed by atoms with Crippen molar-refractivity contribution in [2.75, 3.05) is 7.11 Å². The minimum Gasteiger partial charge on any atom is -0.507 e. The van der Waals surface area contributed by atoms with Crippen molar-refractivity contribution in [3.05, 3.63) is 69.1 Å². The van der Waals surface area contributed by atoms with Crippen LogP contribution in [0.4, 0.5) is 0 Å². The van der Waals surface area contributed by atoms with Crippen LogP contribution in [0.1, 0.15) is 70.7 Å². The van der Waals surface area contributed by atoms with Crippen LogP contribution in [0.3, 0.4) is 0 Å². The van der Waals surface area contributed by atoms with E-state index in [2.05, 4.69) is 4.74 Å². The zero-order chi connectivity index (χ0) is 26.8. The highest BCUT2D eigenvalue weighted by atomic mass is 32.2. The summed E-state index contributed by atoms with van der Waals surface area (Å²) in [7, 11) is -2.81. The molecule has 186 valence electrons. The van der Waals surface area contributed by atoms with Gasteiger partial charge in [-0.15, -0.1) is 0 Å². The third-order valence-corrected chi connectivity index (χ3v) is 7.21. The van der Waals surface area contributed by atoms with Crippen LogP contribution < -0.4 is 0 Å². The molecule has 2 aromatic rings. The number of sulfone groups is 1. The Kier molecular flexibility index (Phi) is 8.03. The number of methoxy groups -OCH3 is 1. The maximum absolute atomic E-state index is 13.3. The van der Waals surface area contributed by atoms with Gasteiger partial charge in [0.15, 0.2) is 0 Å². The van der Waals surface area contributed by atoms with Crippen molar-refractivity contribution in [1.82, 2.24) is 0 Å². The molecule has 0 radical (unpaired) electrons. The van der Waals surface area contributed by atoms with Crippen LogP contribution in [0, 0.1) is 11.3 Å². The van der Waals surface area contributed by atoms with Crippen LogP contribution in [0.15, 0.2) is 51.8 Å². The Morgan fingerprint density at radius 2 is 1.43 bits per heavy atom. The number of phenols is 1. The number of hydrogen-bond acceptors (Lipinski definition) is 6. The lowest BCUT2D eigenvalue weighted by Crippen LogP contribution is -2.17. The fraction of sp³-hybridized carbons (Fsp3) is 0.357. The van der Waals surface area contributed by atoms with Crippen molar-refractivity contribution in [3.63, 3.8) is 0 Å². The summed E-state index contributed by atoms with van der Waals surface area (Å²) in [5.74, 6) is -0.302. The fourth-order valence-corrected chi connectivity index (χ4v) is 4.70. The van der Waals surface area contributed by atoms with Gasteiger partial charge in [0.2, 0.25) is 9.84 Å². The van der Waals surface area contributed by atoms with E-state index in [1.807, 2.05) is 47.6 Å². The molecule has 0 unspecified atom stereocenters. The average molecular weight is 496 g/mol. The van der Waals surface area contributed by atoms with Gasteiger partial charge < -0.3 is 9.84 Å². The second-order valence-corrected chi connectivity index (χ2v) is 12.4. The second-order valence-electron chi connectivity index (χ2n) is 10.5. The van der Waals surface area contributed by atoms with Crippen molar-refractivity contribution in [3.8, 4) is 11.8 Å². The minimum absolute atomic E-state index is 0.0379. The number of carbonyl (C=O) groups is 1. The Balaban J connectivity index is 2.60. The van der Waals surface area contributed by atoms with E-state index in [1.54, 1.807) is 37.3 Å². The number of carbonyl (C=O) groups excluding carboxylic acids is 1. The number of aromatic hydroxyl groups is 1. The number of nitriles is 1. The molecule has 0 spiro atoms. The predicted octanol–water partition coefficient (Wildman–Crippen LogP) is 5.90. The molecule has 0 aliphatic rings. The molecule has 0 saturated carbocycles. The first-order chi connectivity index (χ1) is 16.0. The van der Waals surface area contributed by atoms with Gasteiger partial charge in [0, 0.05) is 16.7 Å². The maximum Gasteiger partial charge on any atom is 0.333 e. The van der Waals surface area contributed by atoms with Crippen molar-refractivity contribution >= 4 is 28.0 Å². The van der Waals surface area contributed by atoms with Gasteiger partial charge >= 0.3 is 5.97 Å². The molecular weight excluding hydrogens is 462 g/mol. The van der Waals surface area contributed by atoms with E-state index >= 15 is 0 Å². The number of hydrogen-bond donors (Lipinski definition) is 1. The Bertz CT molecular complexity index is 1290. The van der Waals surface area contributed by atoms with E-state index in [1.165, 1.54) is 25.3 Å². The third kappa shape index (κ3) is 6.40. The molecule has 0 aliphatic carbocycles. The molecular formula is C28H33NO5S. The van der Waals surface area contributed by atoms with E-state index < -0.39 is 31.5 Å². The van der Waals surface area contributed by atoms with E-state index in [0.717, 1.165) is 0 Å². The zero-order valence-corrected chi connectivity index (χ0v) is 22.4. The first-order valence-electron chi connectivity index (χ1n) is 11.1. The predicted molar refractivity (Wildman–Crippen MR) is 138 cm³/mol. The third-order valence-electron chi connectivity index (χ3n) is 5.53. The molecule has 6 nitrogen and oxygen atoms in total. The highest BCUT2D eigenvalue weighted by Crippen LogP contribution is 2.40. The number of esters is 1. The molecule has 2 aromatic carbocycles. The summed E-state index contributed by atoms with van der Waals surface area (Å²) in [5, 5.41) is 20.7. The summed E-state index contributed by atoms with van der Waals surface area (Å²) in [6.45, 7) is 13.4. The highest BCUT2D eigenvalue weighted by Gasteiger charge is 2.27. The number of rotatable bonds is 5. The Labute approximate surface area is 208 Å². The number of phenolic OH excluding ortho intramolecular Hbond substituents is 1. The van der Waals surface area contributed by atoms with Crippen LogP contribution in [0.2, 0.25) is 0 Å². The lowest BCUT2D eigenvalue weighted by Gasteiger charge is -2.28. The Morgan fingerprint density at radius 1 is 0.943 bits per heavy atom. The van der Waals surface area contributed by atoms with Crippen molar-refractivity contribution in [2.45, 2.75) is 64.2 Å². The summed E-state index contributed by atoms with van der Waals surface area (Å²) < 4.78 is 31.2. The lowest BCUT2D eigenvalue weighted by atomic mass is 9.78. The van der Waals surface area contributed by atoms with E-state index in [0.29, 0.717) is 27.8 Å². The molecule has 2 rings (SSSR count). The van der Waals surface area contributed by atoms with E-state index in [-0.39, 0.29) is 10.6 Å². The fourth-order valence-electron chi connectivity index (χ4n) is 3.54. The van der Waals surface area contributed by atoms with Crippen molar-refractivity contribution < 1.29 is 23.1 Å². The summed E-state index contributed by atoms with van der Waals surface area (Å²) >= 11 is 0. The number of benzene rings is 2. The van der Waals surface area contributed by atoms with Gasteiger partial charge in [0.05, 0.1) is 12.0 Å². The van der Waals surface area contributed by atoms with Crippen LogP contribution >= 0.6 is 0 Å². The topological polar surface area (TPSA) is 104 Å². The van der Waals surface area contributed by atoms with Gasteiger partial charge in [0.1, 0.15) is 16.7 Å². The quantitative estimate of drug-likeness (QED) is 0.314. The van der Waals surface area contributed by atoms with Gasteiger partial charge in [-0.2, -0.15) is 5.26 Å². The van der Waals surface area contributed by atoms with Crippen molar-refractivity contribution in [1.29, 1.82) is 5.26 Å². The SMILES string of the molecule is COC(=O)C(C)=Cc1ccc(S(=O)(=O)C(C#N)=Cc2cc(C(C)(C)C)c(O)c(C(C)(C)C)c2)cc1. The summed E-state index contributed by atoms with van der Waals surface area (Å²) in [6.07, 6.45) is 2.93. The molecule has 0 fully saturated rings. The molecule has 0 bridgehead atoms. The van der Waals surface area contributed by atoms with Crippen molar-refractivity contribution in [2.24, 2.45) is 0 Å².